The summed E-state index contributed by atoms with van der Waals surface area (Å²) in [6.07, 6.45) is 0.133. The third-order valence-corrected chi connectivity index (χ3v) is 5.66. The molecule has 0 amide bonds. The molecule has 0 spiro atoms. The van der Waals surface area contributed by atoms with E-state index in [0.29, 0.717) is 37.2 Å². The van der Waals surface area contributed by atoms with Gasteiger partial charge in [0.2, 0.25) is 0 Å². The number of hydrogen-bond donors (Lipinski definition) is 0. The predicted molar refractivity (Wildman–Crippen MR) is 112 cm³/mol. The number of esters is 1. The van der Waals surface area contributed by atoms with Gasteiger partial charge >= 0.3 is 10.9 Å². The highest BCUT2D eigenvalue weighted by molar-refractivity contribution is 7.16. The van der Waals surface area contributed by atoms with E-state index < -0.39 is 10.9 Å². The lowest BCUT2D eigenvalue weighted by molar-refractivity contribution is -0.133. The van der Waals surface area contributed by atoms with E-state index in [-0.39, 0.29) is 6.42 Å². The lowest BCUT2D eigenvalue weighted by atomic mass is 10.0. The summed E-state index contributed by atoms with van der Waals surface area (Å²) in [6, 6.07) is 17.7. The number of hydrogen-bond acceptors (Lipinski definition) is 5. The van der Waals surface area contributed by atoms with Crippen molar-refractivity contribution in [2.75, 3.05) is 0 Å². The fourth-order valence-electron chi connectivity index (χ4n) is 2.85. The molecule has 28 heavy (non-hydrogen) atoms. The molecule has 4 nitrogen and oxygen atoms in total. The Bertz CT molecular complexity index is 1230. The molecule has 0 fully saturated rings. The number of rotatable bonds is 4. The molecule has 0 unspecified atom stereocenters. The van der Waals surface area contributed by atoms with Crippen LogP contribution in [0.5, 0.6) is 5.75 Å². The number of carbonyl (C=O) groups is 1. The first-order valence-corrected chi connectivity index (χ1v) is 9.85. The standard InChI is InChI=1S/C21H12Cl2O4S/c22-16-8-4-7-14(19(16)23)15-10-13(11-17-20(15)27-21(25)28-17)26-18(24)9-12-5-2-1-3-6-12/h1-8,10-11H,9H2. The summed E-state index contributed by atoms with van der Waals surface area (Å²) in [4.78, 5) is 23.7. The molecule has 0 N–H and O–H groups in total. The number of halogens is 2. The van der Waals surface area contributed by atoms with Crippen LogP contribution in [-0.4, -0.2) is 5.97 Å². The predicted octanol–water partition coefficient (Wildman–Crippen LogP) is 5.98. The van der Waals surface area contributed by atoms with Crippen LogP contribution in [0.4, 0.5) is 0 Å². The van der Waals surface area contributed by atoms with Crippen LogP contribution in [-0.2, 0) is 11.2 Å². The van der Waals surface area contributed by atoms with Crippen molar-refractivity contribution in [3.05, 3.63) is 86.0 Å². The summed E-state index contributed by atoms with van der Waals surface area (Å²) in [5, 5.41) is 0.698. The van der Waals surface area contributed by atoms with Gasteiger partial charge in [-0.2, -0.15) is 0 Å². The van der Waals surface area contributed by atoms with Crippen molar-refractivity contribution in [2.45, 2.75) is 6.42 Å². The van der Waals surface area contributed by atoms with Crippen molar-refractivity contribution in [3.8, 4) is 16.9 Å². The first-order chi connectivity index (χ1) is 13.5. The Morgan fingerprint density at radius 1 is 1.00 bits per heavy atom. The van der Waals surface area contributed by atoms with E-state index >= 15 is 0 Å². The average molecular weight is 431 g/mol. The van der Waals surface area contributed by atoms with Gasteiger partial charge < -0.3 is 9.15 Å². The van der Waals surface area contributed by atoms with E-state index in [1.54, 1.807) is 30.3 Å². The van der Waals surface area contributed by atoms with Gasteiger partial charge in [0.05, 0.1) is 21.2 Å². The van der Waals surface area contributed by atoms with Crippen LogP contribution in [0.25, 0.3) is 21.4 Å². The Kier molecular flexibility index (Phi) is 5.22. The van der Waals surface area contributed by atoms with Crippen molar-refractivity contribution in [1.29, 1.82) is 0 Å². The molecule has 4 aromatic rings. The number of ether oxygens (including phenoxy) is 1. The molecule has 3 aromatic carbocycles. The fraction of sp³-hybridized carbons (Fsp3) is 0.0476. The number of benzene rings is 3. The Balaban J connectivity index is 1.75. The van der Waals surface area contributed by atoms with Crippen LogP contribution in [0.1, 0.15) is 5.56 Å². The van der Waals surface area contributed by atoms with Crippen LogP contribution < -0.4 is 9.68 Å². The minimum absolute atomic E-state index is 0.133. The summed E-state index contributed by atoms with van der Waals surface area (Å²) in [6.45, 7) is 0. The molecule has 1 heterocycles. The molecule has 1 aromatic heterocycles. The van der Waals surface area contributed by atoms with E-state index in [9.17, 15) is 9.59 Å². The SMILES string of the molecule is O=C(Cc1ccccc1)Oc1cc(-c2cccc(Cl)c2Cl)c2oc(=O)sc2c1. The molecular weight excluding hydrogens is 419 g/mol. The van der Waals surface area contributed by atoms with Gasteiger partial charge in [0.25, 0.3) is 0 Å². The van der Waals surface area contributed by atoms with Crippen LogP contribution in [0.15, 0.2) is 69.9 Å². The second-order valence-electron chi connectivity index (χ2n) is 5.99. The number of carbonyl (C=O) groups excluding carboxylic acids is 1. The second kappa shape index (κ2) is 7.80. The minimum atomic E-state index is -0.456. The van der Waals surface area contributed by atoms with E-state index in [1.165, 1.54) is 0 Å². The highest BCUT2D eigenvalue weighted by Gasteiger charge is 2.17. The van der Waals surface area contributed by atoms with Crippen LogP contribution in [0.2, 0.25) is 10.0 Å². The van der Waals surface area contributed by atoms with Crippen LogP contribution in [0, 0.1) is 0 Å². The Hall–Kier alpha value is -2.60. The fourth-order valence-corrected chi connectivity index (χ4v) is 3.98. The zero-order valence-corrected chi connectivity index (χ0v) is 16.6. The Labute approximate surface area is 173 Å². The van der Waals surface area contributed by atoms with E-state index in [1.807, 2.05) is 30.3 Å². The molecule has 0 saturated heterocycles. The smallest absolute Gasteiger partial charge is 0.396 e. The van der Waals surface area contributed by atoms with Gasteiger partial charge in [0, 0.05) is 17.2 Å². The molecule has 0 aliphatic rings. The molecule has 0 radical (unpaired) electrons. The molecule has 0 aliphatic carbocycles. The largest absolute Gasteiger partial charge is 0.426 e. The number of fused-ring (bicyclic) bond motifs is 1. The molecule has 0 saturated carbocycles. The van der Waals surface area contributed by atoms with Gasteiger partial charge in [-0.3, -0.25) is 4.79 Å². The van der Waals surface area contributed by atoms with Gasteiger partial charge in [0.1, 0.15) is 5.75 Å². The van der Waals surface area contributed by atoms with Crippen molar-refractivity contribution < 1.29 is 13.9 Å². The third kappa shape index (κ3) is 3.83. The normalized spacial score (nSPS) is 10.9. The molecule has 4 rings (SSSR count). The van der Waals surface area contributed by atoms with Gasteiger partial charge in [0.15, 0.2) is 5.58 Å². The van der Waals surface area contributed by atoms with Crippen molar-refractivity contribution in [1.82, 2.24) is 0 Å². The maximum atomic E-state index is 12.3. The molecule has 140 valence electrons. The Morgan fingerprint density at radius 3 is 2.57 bits per heavy atom. The zero-order valence-electron chi connectivity index (χ0n) is 14.3. The topological polar surface area (TPSA) is 56.5 Å². The first-order valence-electron chi connectivity index (χ1n) is 8.28. The average Bonchev–Trinajstić information content (AvgIpc) is 3.04. The van der Waals surface area contributed by atoms with Crippen LogP contribution in [0.3, 0.4) is 0 Å². The first kappa shape index (κ1) is 18.7. The third-order valence-electron chi connectivity index (χ3n) is 4.07. The molecular formula is C21H12Cl2O4S. The van der Waals surface area contributed by atoms with Crippen LogP contribution >= 0.6 is 34.5 Å². The Morgan fingerprint density at radius 2 is 1.79 bits per heavy atom. The summed E-state index contributed by atoms with van der Waals surface area (Å²) in [7, 11) is 0. The maximum Gasteiger partial charge on any atom is 0.396 e. The summed E-state index contributed by atoms with van der Waals surface area (Å²) >= 11 is 13.4. The zero-order chi connectivity index (χ0) is 19.7. The molecule has 7 heteroatoms. The minimum Gasteiger partial charge on any atom is -0.426 e. The summed E-state index contributed by atoms with van der Waals surface area (Å²) in [5.41, 5.74) is 2.34. The summed E-state index contributed by atoms with van der Waals surface area (Å²) in [5.74, 6) is -0.110. The van der Waals surface area contributed by atoms with E-state index in [2.05, 4.69) is 0 Å². The lowest BCUT2D eigenvalue weighted by Crippen LogP contribution is -2.11. The highest BCUT2D eigenvalue weighted by atomic mass is 35.5. The van der Waals surface area contributed by atoms with Crippen molar-refractivity contribution in [2.24, 2.45) is 0 Å². The quantitative estimate of drug-likeness (QED) is 0.295. The maximum absolute atomic E-state index is 12.3. The van der Waals surface area contributed by atoms with Crippen molar-refractivity contribution in [3.63, 3.8) is 0 Å². The highest BCUT2D eigenvalue weighted by Crippen LogP contribution is 2.40. The van der Waals surface area contributed by atoms with Gasteiger partial charge in [-0.25, -0.2) is 4.79 Å². The van der Waals surface area contributed by atoms with E-state index in [4.69, 9.17) is 32.4 Å². The lowest BCUT2D eigenvalue weighted by Gasteiger charge is -2.10. The summed E-state index contributed by atoms with van der Waals surface area (Å²) < 4.78 is 11.4. The monoisotopic (exact) mass is 430 g/mol. The molecule has 0 aliphatic heterocycles. The molecule has 0 atom stereocenters. The van der Waals surface area contributed by atoms with Gasteiger partial charge in [-0.05, 0) is 17.7 Å². The van der Waals surface area contributed by atoms with Gasteiger partial charge in [-0.1, -0.05) is 77.0 Å². The van der Waals surface area contributed by atoms with Crippen molar-refractivity contribution >= 4 is 50.8 Å². The van der Waals surface area contributed by atoms with E-state index in [0.717, 1.165) is 16.9 Å². The molecule has 0 bridgehead atoms. The van der Waals surface area contributed by atoms with Gasteiger partial charge in [-0.15, -0.1) is 0 Å². The second-order valence-corrected chi connectivity index (χ2v) is 7.75.